The number of benzene rings is 1. The van der Waals surface area contributed by atoms with Crippen LogP contribution < -0.4 is 5.73 Å². The first kappa shape index (κ1) is 13.1. The normalized spacial score (nSPS) is 13.1. The fourth-order valence-electron chi connectivity index (χ4n) is 1.50. The van der Waals surface area contributed by atoms with E-state index in [1.165, 1.54) is 24.3 Å². The SMILES string of the molecule is CC(C)(c1ccc([N+](=O)[O-])cc1)C(N)C(=O)O. The third-order valence-corrected chi connectivity index (χ3v) is 2.87. The number of aliphatic carboxylic acids is 1. The van der Waals surface area contributed by atoms with Gasteiger partial charge in [-0.3, -0.25) is 14.9 Å². The van der Waals surface area contributed by atoms with Crippen molar-refractivity contribution in [2.75, 3.05) is 0 Å². The Labute approximate surface area is 98.2 Å². The molecule has 6 nitrogen and oxygen atoms in total. The van der Waals surface area contributed by atoms with Crippen LogP contribution in [0.5, 0.6) is 0 Å². The Morgan fingerprint density at radius 1 is 1.41 bits per heavy atom. The molecule has 92 valence electrons. The Hall–Kier alpha value is -1.95. The first-order valence-electron chi connectivity index (χ1n) is 5.00. The zero-order valence-electron chi connectivity index (χ0n) is 9.58. The summed E-state index contributed by atoms with van der Waals surface area (Å²) in [6.07, 6.45) is 0. The Morgan fingerprint density at radius 3 is 2.24 bits per heavy atom. The van der Waals surface area contributed by atoms with Crippen molar-refractivity contribution in [3.8, 4) is 0 Å². The quantitative estimate of drug-likeness (QED) is 0.607. The molecule has 3 N–H and O–H groups in total. The summed E-state index contributed by atoms with van der Waals surface area (Å²) < 4.78 is 0. The van der Waals surface area contributed by atoms with Gasteiger partial charge in [-0.1, -0.05) is 26.0 Å². The predicted molar refractivity (Wildman–Crippen MR) is 61.7 cm³/mol. The lowest BCUT2D eigenvalue weighted by atomic mass is 9.78. The van der Waals surface area contributed by atoms with Crippen molar-refractivity contribution in [1.29, 1.82) is 0 Å². The highest BCUT2D eigenvalue weighted by Gasteiger charge is 2.33. The van der Waals surface area contributed by atoms with E-state index in [2.05, 4.69) is 0 Å². The molecule has 0 spiro atoms. The summed E-state index contributed by atoms with van der Waals surface area (Å²) in [5, 5.41) is 19.4. The molecular formula is C11H14N2O4. The first-order chi connectivity index (χ1) is 7.76. The van der Waals surface area contributed by atoms with Gasteiger partial charge in [-0.05, 0) is 5.56 Å². The molecule has 0 aliphatic rings. The maximum absolute atomic E-state index is 10.9. The number of carboxylic acid groups (broad SMARTS) is 1. The molecule has 1 aromatic carbocycles. The highest BCUT2D eigenvalue weighted by Crippen LogP contribution is 2.27. The molecule has 1 unspecified atom stereocenters. The van der Waals surface area contributed by atoms with Crippen molar-refractivity contribution >= 4 is 11.7 Å². The molecular weight excluding hydrogens is 224 g/mol. The van der Waals surface area contributed by atoms with Crippen molar-refractivity contribution in [2.45, 2.75) is 25.3 Å². The molecule has 0 aliphatic heterocycles. The van der Waals surface area contributed by atoms with Gasteiger partial charge in [0.25, 0.3) is 5.69 Å². The minimum absolute atomic E-state index is 0.0338. The number of nitro benzene ring substituents is 1. The summed E-state index contributed by atoms with van der Waals surface area (Å²) >= 11 is 0. The zero-order valence-corrected chi connectivity index (χ0v) is 9.58. The average molecular weight is 238 g/mol. The van der Waals surface area contributed by atoms with Gasteiger partial charge in [0.15, 0.2) is 0 Å². The number of nitro groups is 1. The molecule has 0 radical (unpaired) electrons. The molecule has 1 rings (SSSR count). The number of nitrogens with zero attached hydrogens (tertiary/aromatic N) is 1. The van der Waals surface area contributed by atoms with Crippen LogP contribution in [0.25, 0.3) is 0 Å². The monoisotopic (exact) mass is 238 g/mol. The lowest BCUT2D eigenvalue weighted by Crippen LogP contribution is -2.46. The highest BCUT2D eigenvalue weighted by atomic mass is 16.6. The van der Waals surface area contributed by atoms with Gasteiger partial charge in [0.1, 0.15) is 6.04 Å². The number of carboxylic acids is 1. The van der Waals surface area contributed by atoms with Crippen molar-refractivity contribution in [3.05, 3.63) is 39.9 Å². The van der Waals surface area contributed by atoms with Crippen LogP contribution in [0.4, 0.5) is 5.69 Å². The smallest absolute Gasteiger partial charge is 0.321 e. The number of non-ortho nitro benzene ring substituents is 1. The lowest BCUT2D eigenvalue weighted by molar-refractivity contribution is -0.384. The van der Waals surface area contributed by atoms with Gasteiger partial charge >= 0.3 is 5.97 Å². The average Bonchev–Trinajstić information content (AvgIpc) is 2.27. The number of hydrogen-bond acceptors (Lipinski definition) is 4. The third kappa shape index (κ3) is 2.59. The van der Waals surface area contributed by atoms with Crippen LogP contribution in [0.3, 0.4) is 0 Å². The Kier molecular flexibility index (Phi) is 3.47. The van der Waals surface area contributed by atoms with E-state index in [1.54, 1.807) is 13.8 Å². The van der Waals surface area contributed by atoms with Gasteiger partial charge in [-0.25, -0.2) is 0 Å². The van der Waals surface area contributed by atoms with Gasteiger partial charge in [-0.15, -0.1) is 0 Å². The molecule has 0 aliphatic carbocycles. The van der Waals surface area contributed by atoms with E-state index >= 15 is 0 Å². The number of carbonyl (C=O) groups is 1. The van der Waals surface area contributed by atoms with Gasteiger partial charge in [0.2, 0.25) is 0 Å². The van der Waals surface area contributed by atoms with Crippen LogP contribution >= 0.6 is 0 Å². The molecule has 1 aromatic rings. The van der Waals surface area contributed by atoms with Crippen LogP contribution in [-0.2, 0) is 10.2 Å². The molecule has 6 heteroatoms. The maximum atomic E-state index is 10.9. The minimum Gasteiger partial charge on any atom is -0.480 e. The summed E-state index contributed by atoms with van der Waals surface area (Å²) in [7, 11) is 0. The van der Waals surface area contributed by atoms with Crippen LogP contribution in [0.15, 0.2) is 24.3 Å². The van der Waals surface area contributed by atoms with E-state index in [1.807, 2.05) is 0 Å². The molecule has 0 fully saturated rings. The third-order valence-electron chi connectivity index (χ3n) is 2.87. The summed E-state index contributed by atoms with van der Waals surface area (Å²) in [6.45, 7) is 3.37. The molecule has 0 bridgehead atoms. The first-order valence-corrected chi connectivity index (χ1v) is 5.00. The molecule has 0 aromatic heterocycles. The topological polar surface area (TPSA) is 106 Å². The summed E-state index contributed by atoms with van der Waals surface area (Å²) in [5.74, 6) is -1.10. The molecule has 1 atom stereocenters. The number of nitrogens with two attached hydrogens (primary N) is 1. The van der Waals surface area contributed by atoms with Crippen LogP contribution in [0.1, 0.15) is 19.4 Å². The highest BCUT2D eigenvalue weighted by molar-refractivity contribution is 5.75. The van der Waals surface area contributed by atoms with E-state index in [9.17, 15) is 14.9 Å². The number of hydrogen-bond donors (Lipinski definition) is 2. The molecule has 0 amide bonds. The van der Waals surface area contributed by atoms with Crippen LogP contribution in [0, 0.1) is 10.1 Å². The predicted octanol–water partition coefficient (Wildman–Crippen LogP) is 1.28. The summed E-state index contributed by atoms with van der Waals surface area (Å²) in [6, 6.07) is 4.67. The maximum Gasteiger partial charge on any atom is 0.321 e. The largest absolute Gasteiger partial charge is 0.480 e. The van der Waals surface area contributed by atoms with Crippen molar-refractivity contribution in [1.82, 2.24) is 0 Å². The van der Waals surface area contributed by atoms with Crippen molar-refractivity contribution in [3.63, 3.8) is 0 Å². The lowest BCUT2D eigenvalue weighted by Gasteiger charge is -2.29. The van der Waals surface area contributed by atoms with Gasteiger partial charge in [0, 0.05) is 17.5 Å². The second-order valence-electron chi connectivity index (χ2n) is 4.34. The minimum atomic E-state index is -1.10. The van der Waals surface area contributed by atoms with Crippen molar-refractivity contribution < 1.29 is 14.8 Å². The standard InChI is InChI=1S/C11H14N2O4/c1-11(2,9(12)10(14)15)7-3-5-8(6-4-7)13(16)17/h3-6,9H,12H2,1-2H3,(H,14,15). The van der Waals surface area contributed by atoms with Gasteiger partial charge in [-0.2, -0.15) is 0 Å². The van der Waals surface area contributed by atoms with Gasteiger partial charge < -0.3 is 10.8 Å². The Bertz CT molecular complexity index is 439. The molecule has 0 heterocycles. The zero-order chi connectivity index (χ0) is 13.2. The molecule has 0 saturated carbocycles. The molecule has 0 saturated heterocycles. The van der Waals surface area contributed by atoms with Crippen LogP contribution in [-0.4, -0.2) is 22.0 Å². The fourth-order valence-corrected chi connectivity index (χ4v) is 1.50. The van der Waals surface area contributed by atoms with E-state index in [4.69, 9.17) is 10.8 Å². The van der Waals surface area contributed by atoms with E-state index < -0.39 is 22.3 Å². The second-order valence-corrected chi connectivity index (χ2v) is 4.34. The summed E-state index contributed by atoms with van der Waals surface area (Å²) in [4.78, 5) is 20.8. The van der Waals surface area contributed by atoms with E-state index in [0.717, 1.165) is 0 Å². The number of rotatable bonds is 4. The summed E-state index contributed by atoms with van der Waals surface area (Å²) in [5.41, 5.74) is 5.42. The molecule has 17 heavy (non-hydrogen) atoms. The van der Waals surface area contributed by atoms with Crippen molar-refractivity contribution in [2.24, 2.45) is 5.73 Å². The van der Waals surface area contributed by atoms with Gasteiger partial charge in [0.05, 0.1) is 4.92 Å². The Morgan fingerprint density at radius 2 is 1.88 bits per heavy atom. The van der Waals surface area contributed by atoms with E-state index in [-0.39, 0.29) is 5.69 Å². The fraction of sp³-hybridized carbons (Fsp3) is 0.364. The Balaban J connectivity index is 3.07. The second kappa shape index (κ2) is 4.50. The van der Waals surface area contributed by atoms with Crippen LogP contribution in [0.2, 0.25) is 0 Å². The van der Waals surface area contributed by atoms with E-state index in [0.29, 0.717) is 5.56 Å².